The van der Waals surface area contributed by atoms with Crippen LogP contribution in [0.2, 0.25) is 0 Å². The number of aryl methyl sites for hydroxylation is 1. The summed E-state index contributed by atoms with van der Waals surface area (Å²) in [5.41, 5.74) is 1.95. The molecule has 5 heteroatoms. The maximum atomic E-state index is 11.9. The Morgan fingerprint density at radius 3 is 2.79 bits per heavy atom. The summed E-state index contributed by atoms with van der Waals surface area (Å²) in [6, 6.07) is 7.24. The molecule has 2 amide bonds. The molecule has 0 radical (unpaired) electrons. The van der Waals surface area contributed by atoms with Gasteiger partial charge in [-0.1, -0.05) is 6.07 Å². The summed E-state index contributed by atoms with van der Waals surface area (Å²) >= 11 is 0. The van der Waals surface area contributed by atoms with E-state index < -0.39 is 0 Å². The van der Waals surface area contributed by atoms with Crippen molar-refractivity contribution < 1.29 is 9.59 Å². The van der Waals surface area contributed by atoms with Gasteiger partial charge < -0.3 is 10.6 Å². The zero-order chi connectivity index (χ0) is 13.8. The van der Waals surface area contributed by atoms with Gasteiger partial charge in [0.1, 0.15) is 6.42 Å². The van der Waals surface area contributed by atoms with Gasteiger partial charge in [0.05, 0.1) is 6.07 Å². The fraction of sp³-hybridized carbons (Fsp3) is 0.357. The molecule has 0 spiro atoms. The number of anilines is 1. The lowest BCUT2D eigenvalue weighted by molar-refractivity contribution is -0.115. The van der Waals surface area contributed by atoms with Crippen molar-refractivity contribution in [3.8, 4) is 6.07 Å². The summed E-state index contributed by atoms with van der Waals surface area (Å²) in [6.07, 6.45) is 1.87. The number of rotatable bonds is 4. The monoisotopic (exact) mass is 257 g/mol. The fourth-order valence-electron chi connectivity index (χ4n) is 1.66. The molecule has 0 aliphatic heterocycles. The Morgan fingerprint density at radius 1 is 1.42 bits per heavy atom. The maximum absolute atomic E-state index is 11.9. The van der Waals surface area contributed by atoms with Gasteiger partial charge in [-0.05, 0) is 37.5 Å². The van der Waals surface area contributed by atoms with Crippen molar-refractivity contribution in [2.45, 2.75) is 32.2 Å². The summed E-state index contributed by atoms with van der Waals surface area (Å²) in [5.74, 6) is -0.497. The maximum Gasteiger partial charge on any atom is 0.251 e. The van der Waals surface area contributed by atoms with E-state index in [0.29, 0.717) is 17.3 Å². The van der Waals surface area contributed by atoms with E-state index in [-0.39, 0.29) is 18.2 Å². The van der Waals surface area contributed by atoms with Gasteiger partial charge in [-0.15, -0.1) is 0 Å². The molecule has 5 nitrogen and oxygen atoms in total. The van der Waals surface area contributed by atoms with Gasteiger partial charge in [-0.3, -0.25) is 9.59 Å². The average Bonchev–Trinajstić information content (AvgIpc) is 3.16. The van der Waals surface area contributed by atoms with E-state index in [1.165, 1.54) is 0 Å². The van der Waals surface area contributed by atoms with Crippen molar-refractivity contribution in [1.82, 2.24) is 5.32 Å². The summed E-state index contributed by atoms with van der Waals surface area (Å²) in [6.45, 7) is 1.84. The van der Waals surface area contributed by atoms with Gasteiger partial charge in [-0.2, -0.15) is 5.26 Å². The van der Waals surface area contributed by atoms with Crippen molar-refractivity contribution in [2.24, 2.45) is 0 Å². The third-order valence-corrected chi connectivity index (χ3v) is 2.93. The predicted octanol–water partition coefficient (Wildman–Crippen LogP) is 1.74. The molecule has 0 unspecified atom stereocenters. The number of hydrogen-bond donors (Lipinski definition) is 2. The first-order chi connectivity index (χ1) is 9.10. The molecule has 1 fully saturated rings. The minimum atomic E-state index is -0.370. The van der Waals surface area contributed by atoms with Crippen molar-refractivity contribution >= 4 is 17.5 Å². The largest absolute Gasteiger partial charge is 0.349 e. The second-order valence-corrected chi connectivity index (χ2v) is 4.66. The number of amides is 2. The van der Waals surface area contributed by atoms with Crippen LogP contribution in [0.4, 0.5) is 5.69 Å². The lowest BCUT2D eigenvalue weighted by atomic mass is 10.1. The van der Waals surface area contributed by atoms with Crippen LogP contribution >= 0.6 is 0 Å². The van der Waals surface area contributed by atoms with E-state index in [1.807, 2.05) is 6.92 Å². The minimum Gasteiger partial charge on any atom is -0.349 e. The molecule has 1 saturated carbocycles. The number of nitrogens with zero attached hydrogens (tertiary/aromatic N) is 1. The first kappa shape index (κ1) is 13.1. The summed E-state index contributed by atoms with van der Waals surface area (Å²) in [7, 11) is 0. The Morgan fingerprint density at radius 2 is 2.16 bits per heavy atom. The Labute approximate surface area is 111 Å². The van der Waals surface area contributed by atoms with Crippen LogP contribution in [0.3, 0.4) is 0 Å². The van der Waals surface area contributed by atoms with Crippen LogP contribution in [0, 0.1) is 18.3 Å². The van der Waals surface area contributed by atoms with Crippen LogP contribution < -0.4 is 10.6 Å². The molecule has 1 aliphatic rings. The Hall–Kier alpha value is -2.35. The van der Waals surface area contributed by atoms with Crippen LogP contribution in [-0.2, 0) is 4.79 Å². The van der Waals surface area contributed by atoms with Crippen molar-refractivity contribution in [2.75, 3.05) is 5.32 Å². The van der Waals surface area contributed by atoms with E-state index in [1.54, 1.807) is 24.3 Å². The molecule has 2 N–H and O–H groups in total. The topological polar surface area (TPSA) is 82.0 Å². The third-order valence-electron chi connectivity index (χ3n) is 2.93. The molecule has 0 heterocycles. The van der Waals surface area contributed by atoms with Crippen LogP contribution in [0.25, 0.3) is 0 Å². The molecule has 0 bridgehead atoms. The molecular formula is C14H15N3O2. The van der Waals surface area contributed by atoms with Crippen LogP contribution in [0.5, 0.6) is 0 Å². The highest BCUT2D eigenvalue weighted by molar-refractivity contribution is 5.98. The number of carbonyl (C=O) groups excluding carboxylic acids is 2. The Kier molecular flexibility index (Phi) is 3.81. The highest BCUT2D eigenvalue weighted by atomic mass is 16.2. The second-order valence-electron chi connectivity index (χ2n) is 4.66. The quantitative estimate of drug-likeness (QED) is 0.861. The highest BCUT2D eigenvalue weighted by Gasteiger charge is 2.24. The fourth-order valence-corrected chi connectivity index (χ4v) is 1.66. The summed E-state index contributed by atoms with van der Waals surface area (Å²) in [5, 5.41) is 14.0. The molecule has 0 saturated heterocycles. The van der Waals surface area contributed by atoms with Gasteiger partial charge >= 0.3 is 0 Å². The molecule has 0 aromatic heterocycles. The number of hydrogen-bond acceptors (Lipinski definition) is 3. The normalized spacial score (nSPS) is 13.5. The van der Waals surface area contributed by atoms with Gasteiger partial charge in [-0.25, -0.2) is 0 Å². The number of benzene rings is 1. The SMILES string of the molecule is Cc1ccc(C(=O)NC2CC2)cc1NC(=O)CC#N. The first-order valence-corrected chi connectivity index (χ1v) is 6.18. The molecule has 1 aromatic rings. The molecule has 98 valence electrons. The zero-order valence-electron chi connectivity index (χ0n) is 10.7. The van der Waals surface area contributed by atoms with Gasteiger partial charge in [0.25, 0.3) is 5.91 Å². The first-order valence-electron chi connectivity index (χ1n) is 6.18. The van der Waals surface area contributed by atoms with E-state index in [0.717, 1.165) is 18.4 Å². The molecular weight excluding hydrogens is 242 g/mol. The molecule has 1 aromatic carbocycles. The molecule has 19 heavy (non-hydrogen) atoms. The van der Waals surface area contributed by atoms with Gasteiger partial charge in [0.2, 0.25) is 5.91 Å². The standard InChI is InChI=1S/C14H15N3O2/c1-9-2-3-10(14(19)16-11-4-5-11)8-12(9)17-13(18)6-7-15/h2-3,8,11H,4-6H2,1H3,(H,16,19)(H,17,18). The third kappa shape index (κ3) is 3.55. The minimum absolute atomic E-state index is 0.127. The molecule has 1 aliphatic carbocycles. The molecule has 0 atom stereocenters. The summed E-state index contributed by atoms with van der Waals surface area (Å²) in [4.78, 5) is 23.3. The van der Waals surface area contributed by atoms with Crippen LogP contribution in [0.15, 0.2) is 18.2 Å². The van der Waals surface area contributed by atoms with Crippen LogP contribution in [-0.4, -0.2) is 17.9 Å². The van der Waals surface area contributed by atoms with Crippen molar-refractivity contribution in [3.63, 3.8) is 0 Å². The smallest absolute Gasteiger partial charge is 0.251 e. The number of nitrogens with one attached hydrogen (secondary N) is 2. The predicted molar refractivity (Wildman–Crippen MR) is 70.5 cm³/mol. The summed E-state index contributed by atoms with van der Waals surface area (Å²) < 4.78 is 0. The second kappa shape index (κ2) is 5.53. The van der Waals surface area contributed by atoms with Crippen LogP contribution in [0.1, 0.15) is 35.2 Å². The number of nitriles is 1. The Balaban J connectivity index is 2.11. The highest BCUT2D eigenvalue weighted by Crippen LogP contribution is 2.21. The molecule has 2 rings (SSSR count). The van der Waals surface area contributed by atoms with E-state index in [9.17, 15) is 9.59 Å². The average molecular weight is 257 g/mol. The van der Waals surface area contributed by atoms with E-state index in [2.05, 4.69) is 10.6 Å². The van der Waals surface area contributed by atoms with Gasteiger partial charge in [0, 0.05) is 17.3 Å². The Bertz CT molecular complexity index is 556. The van der Waals surface area contributed by atoms with Gasteiger partial charge in [0.15, 0.2) is 0 Å². The van der Waals surface area contributed by atoms with E-state index >= 15 is 0 Å². The van der Waals surface area contributed by atoms with Crippen molar-refractivity contribution in [3.05, 3.63) is 29.3 Å². The lowest BCUT2D eigenvalue weighted by Crippen LogP contribution is -2.25. The van der Waals surface area contributed by atoms with Crippen molar-refractivity contribution in [1.29, 1.82) is 5.26 Å². The number of carbonyl (C=O) groups is 2. The lowest BCUT2D eigenvalue weighted by Gasteiger charge is -2.10. The zero-order valence-corrected chi connectivity index (χ0v) is 10.7. The van der Waals surface area contributed by atoms with E-state index in [4.69, 9.17) is 5.26 Å².